The number of benzene rings is 1. The van der Waals surface area contributed by atoms with Crippen molar-refractivity contribution in [3.05, 3.63) is 90.4 Å². The first-order chi connectivity index (χ1) is 18.9. The SMILES string of the molecule is C=C(C)c1ccc(-c2cc(N(C)Cc3ccccc3)n3ncc(C(=O)NC4COC[C@H]4O)c3n2)n2ccnc12. The summed E-state index contributed by atoms with van der Waals surface area (Å²) in [5.41, 5.74) is 5.97. The number of imidazole rings is 1. The summed E-state index contributed by atoms with van der Waals surface area (Å²) in [5.74, 6) is 0.394. The number of pyridine rings is 1. The van der Waals surface area contributed by atoms with Crippen molar-refractivity contribution >= 4 is 28.6 Å². The van der Waals surface area contributed by atoms with E-state index in [4.69, 9.17) is 9.72 Å². The highest BCUT2D eigenvalue weighted by Crippen LogP contribution is 2.29. The van der Waals surface area contributed by atoms with Gasteiger partial charge in [-0.05, 0) is 30.2 Å². The number of aliphatic hydroxyl groups excluding tert-OH is 1. The van der Waals surface area contributed by atoms with E-state index >= 15 is 0 Å². The Morgan fingerprint density at radius 3 is 2.74 bits per heavy atom. The van der Waals surface area contributed by atoms with Crippen molar-refractivity contribution in [3.63, 3.8) is 0 Å². The Balaban J connectivity index is 1.49. The molecule has 10 heteroatoms. The zero-order valence-electron chi connectivity index (χ0n) is 21.8. The Kier molecular flexibility index (Phi) is 6.34. The number of carbonyl (C=O) groups excluding carboxylic acids is 1. The molecule has 0 saturated carbocycles. The number of nitrogens with one attached hydrogen (secondary N) is 1. The molecule has 6 rings (SSSR count). The van der Waals surface area contributed by atoms with E-state index in [1.165, 1.54) is 6.20 Å². The van der Waals surface area contributed by atoms with E-state index in [0.29, 0.717) is 23.4 Å². The van der Waals surface area contributed by atoms with Gasteiger partial charge in [-0.1, -0.05) is 36.9 Å². The second-order valence-electron chi connectivity index (χ2n) is 9.85. The highest BCUT2D eigenvalue weighted by molar-refractivity contribution is 6.00. The van der Waals surface area contributed by atoms with Gasteiger partial charge in [-0.25, -0.2) is 9.97 Å². The molecule has 2 N–H and O–H groups in total. The number of hydrogen-bond acceptors (Lipinski definition) is 7. The van der Waals surface area contributed by atoms with E-state index in [1.54, 1.807) is 10.7 Å². The maximum atomic E-state index is 13.3. The number of aliphatic hydroxyl groups is 1. The third-order valence-electron chi connectivity index (χ3n) is 6.99. The van der Waals surface area contributed by atoms with Crippen LogP contribution in [0.2, 0.25) is 0 Å². The van der Waals surface area contributed by atoms with Crippen LogP contribution >= 0.6 is 0 Å². The Hall–Kier alpha value is -4.54. The van der Waals surface area contributed by atoms with Gasteiger partial charge in [0.05, 0.1) is 42.9 Å². The van der Waals surface area contributed by atoms with Crippen LogP contribution in [0.15, 0.2) is 73.7 Å². The number of hydrogen-bond donors (Lipinski definition) is 2. The molecule has 0 aliphatic carbocycles. The summed E-state index contributed by atoms with van der Waals surface area (Å²) in [4.78, 5) is 24.9. The quantitative estimate of drug-likeness (QED) is 0.337. The zero-order valence-corrected chi connectivity index (χ0v) is 21.8. The third-order valence-corrected chi connectivity index (χ3v) is 6.99. The first-order valence-electron chi connectivity index (χ1n) is 12.7. The first kappa shape index (κ1) is 24.8. The van der Waals surface area contributed by atoms with Crippen molar-refractivity contribution in [2.75, 3.05) is 25.2 Å². The van der Waals surface area contributed by atoms with Crippen LogP contribution in [0.3, 0.4) is 0 Å². The lowest BCUT2D eigenvalue weighted by atomic mass is 10.1. The average molecular weight is 524 g/mol. The minimum absolute atomic E-state index is 0.192. The summed E-state index contributed by atoms with van der Waals surface area (Å²) in [7, 11) is 1.98. The number of carbonyl (C=O) groups is 1. The standard InChI is InChI=1S/C29H29N7O3/c1-18(2)20-9-10-24(35-12-11-30-27(20)35)22-13-26(34(3)15-19-7-5-4-6-8-19)36-28(32-22)21(14-31-36)29(38)33-23-16-39-17-25(23)37/h4-14,23,25,37H,1,15-17H2,2-3H3,(H,33,38)/t23?,25-/m1/s1. The van der Waals surface area contributed by atoms with Crippen LogP contribution in [0.1, 0.15) is 28.4 Å². The summed E-state index contributed by atoms with van der Waals surface area (Å²) in [6.07, 6.45) is 4.40. The molecule has 1 aromatic carbocycles. The molecule has 0 spiro atoms. The number of anilines is 1. The largest absolute Gasteiger partial charge is 0.388 e. The van der Waals surface area contributed by atoms with Gasteiger partial charge in [0.2, 0.25) is 0 Å². The lowest BCUT2D eigenvalue weighted by Crippen LogP contribution is -2.42. The molecule has 5 aromatic rings. The number of aromatic nitrogens is 5. The maximum Gasteiger partial charge on any atom is 0.257 e. The van der Waals surface area contributed by atoms with Gasteiger partial charge in [0.25, 0.3) is 5.91 Å². The van der Waals surface area contributed by atoms with E-state index in [1.807, 2.05) is 61.0 Å². The minimum atomic E-state index is -0.756. The number of nitrogens with zero attached hydrogens (tertiary/aromatic N) is 6. The first-order valence-corrected chi connectivity index (χ1v) is 12.7. The van der Waals surface area contributed by atoms with Gasteiger partial charge in [0.1, 0.15) is 17.0 Å². The lowest BCUT2D eigenvalue weighted by molar-refractivity contribution is 0.0888. The monoisotopic (exact) mass is 523 g/mol. The summed E-state index contributed by atoms with van der Waals surface area (Å²) >= 11 is 0. The fourth-order valence-corrected chi connectivity index (χ4v) is 4.93. The van der Waals surface area contributed by atoms with E-state index in [0.717, 1.165) is 33.9 Å². The molecule has 0 bridgehead atoms. The molecule has 198 valence electrons. The van der Waals surface area contributed by atoms with Crippen molar-refractivity contribution in [3.8, 4) is 11.4 Å². The maximum absolute atomic E-state index is 13.3. The molecule has 1 saturated heterocycles. The van der Waals surface area contributed by atoms with Crippen LogP contribution in [0, 0.1) is 0 Å². The fourth-order valence-electron chi connectivity index (χ4n) is 4.93. The van der Waals surface area contributed by atoms with Crippen molar-refractivity contribution in [2.24, 2.45) is 0 Å². The molecule has 10 nitrogen and oxygen atoms in total. The third kappa shape index (κ3) is 4.53. The van der Waals surface area contributed by atoms with E-state index in [9.17, 15) is 9.90 Å². The molecule has 0 radical (unpaired) electrons. The summed E-state index contributed by atoms with van der Waals surface area (Å²) in [6.45, 7) is 7.11. The molecule has 1 fully saturated rings. The number of fused-ring (bicyclic) bond motifs is 2. The Morgan fingerprint density at radius 2 is 2.00 bits per heavy atom. The van der Waals surface area contributed by atoms with Crippen LogP contribution in [-0.4, -0.2) is 67.4 Å². The zero-order chi connectivity index (χ0) is 27.1. The van der Waals surface area contributed by atoms with E-state index < -0.39 is 12.1 Å². The normalized spacial score (nSPS) is 17.1. The molecule has 4 aromatic heterocycles. The number of amides is 1. The van der Waals surface area contributed by atoms with E-state index in [2.05, 4.69) is 39.0 Å². The molecule has 39 heavy (non-hydrogen) atoms. The Bertz CT molecular complexity index is 1690. The summed E-state index contributed by atoms with van der Waals surface area (Å²) in [5, 5.41) is 17.6. The average Bonchev–Trinajstić information content (AvgIpc) is 3.68. The Morgan fingerprint density at radius 1 is 1.18 bits per heavy atom. The predicted molar refractivity (Wildman–Crippen MR) is 149 cm³/mol. The molecule has 1 amide bonds. The molecule has 1 unspecified atom stereocenters. The van der Waals surface area contributed by atoms with Crippen molar-refractivity contribution in [1.29, 1.82) is 0 Å². The smallest absolute Gasteiger partial charge is 0.257 e. The molecule has 1 aliphatic rings. The van der Waals surface area contributed by atoms with E-state index in [-0.39, 0.29) is 19.1 Å². The molecular formula is C29H29N7O3. The summed E-state index contributed by atoms with van der Waals surface area (Å²) in [6, 6.07) is 15.6. The highest BCUT2D eigenvalue weighted by Gasteiger charge is 2.29. The number of rotatable bonds is 7. The van der Waals surface area contributed by atoms with Gasteiger partial charge in [0.15, 0.2) is 5.65 Å². The second kappa shape index (κ2) is 9.97. The van der Waals surface area contributed by atoms with Crippen LogP contribution in [0.4, 0.5) is 5.82 Å². The van der Waals surface area contributed by atoms with Crippen LogP contribution in [0.5, 0.6) is 0 Å². The van der Waals surface area contributed by atoms with Gasteiger partial charge < -0.3 is 20.1 Å². The molecular weight excluding hydrogens is 494 g/mol. The van der Waals surface area contributed by atoms with Crippen LogP contribution in [0.25, 0.3) is 28.3 Å². The summed E-state index contributed by atoms with van der Waals surface area (Å²) < 4.78 is 8.95. The Labute approximate surface area is 225 Å². The highest BCUT2D eigenvalue weighted by atomic mass is 16.5. The topological polar surface area (TPSA) is 109 Å². The number of ether oxygens (including phenoxy) is 1. The van der Waals surface area contributed by atoms with Gasteiger partial charge in [-0.15, -0.1) is 0 Å². The van der Waals surface area contributed by atoms with Crippen LogP contribution in [-0.2, 0) is 11.3 Å². The van der Waals surface area contributed by atoms with Gasteiger partial charge in [-0.3, -0.25) is 9.20 Å². The second-order valence-corrected chi connectivity index (χ2v) is 9.85. The van der Waals surface area contributed by atoms with Crippen molar-refractivity contribution in [2.45, 2.75) is 25.6 Å². The minimum Gasteiger partial charge on any atom is -0.388 e. The van der Waals surface area contributed by atoms with Gasteiger partial charge in [0, 0.05) is 37.6 Å². The predicted octanol–water partition coefficient (Wildman–Crippen LogP) is 3.20. The van der Waals surface area contributed by atoms with Crippen molar-refractivity contribution < 1.29 is 14.6 Å². The van der Waals surface area contributed by atoms with Gasteiger partial charge >= 0.3 is 0 Å². The fraction of sp³-hybridized carbons (Fsp3) is 0.241. The van der Waals surface area contributed by atoms with Crippen molar-refractivity contribution in [1.82, 2.24) is 29.3 Å². The molecule has 2 atom stereocenters. The molecule has 1 aliphatic heterocycles. The van der Waals surface area contributed by atoms with Gasteiger partial charge in [-0.2, -0.15) is 9.61 Å². The van der Waals surface area contributed by atoms with Crippen LogP contribution < -0.4 is 10.2 Å². The number of allylic oxidation sites excluding steroid dienone is 1. The lowest BCUT2D eigenvalue weighted by Gasteiger charge is -2.21. The molecule has 5 heterocycles.